The van der Waals surface area contributed by atoms with Crippen molar-refractivity contribution >= 4 is 11.3 Å². The molecule has 1 N–H and O–H groups in total. The average Bonchev–Trinajstić information content (AvgIpc) is 2.80. The lowest BCUT2D eigenvalue weighted by atomic mass is 10.1. The van der Waals surface area contributed by atoms with Crippen molar-refractivity contribution in [1.29, 1.82) is 0 Å². The number of nitrogens with one attached hydrogen (secondary N) is 1. The summed E-state index contributed by atoms with van der Waals surface area (Å²) < 4.78 is 0. The van der Waals surface area contributed by atoms with Crippen molar-refractivity contribution in [3.8, 4) is 0 Å². The van der Waals surface area contributed by atoms with Gasteiger partial charge in [-0.1, -0.05) is 6.07 Å². The maximum atomic E-state index is 4.22. The van der Waals surface area contributed by atoms with Crippen molar-refractivity contribution < 1.29 is 0 Å². The number of thiazole rings is 1. The zero-order chi connectivity index (χ0) is 10.5. The monoisotopic (exact) mass is 219 g/mol. The summed E-state index contributed by atoms with van der Waals surface area (Å²) in [5.41, 5.74) is 1.20. The third-order valence-corrected chi connectivity index (χ3v) is 3.01. The first-order valence-electron chi connectivity index (χ1n) is 4.88. The Balaban J connectivity index is 1.90. The summed E-state index contributed by atoms with van der Waals surface area (Å²) >= 11 is 1.67. The zero-order valence-electron chi connectivity index (χ0n) is 8.55. The van der Waals surface area contributed by atoms with Crippen molar-refractivity contribution in [2.45, 2.75) is 19.5 Å². The number of aromatic nitrogens is 2. The van der Waals surface area contributed by atoms with Gasteiger partial charge in [0.05, 0.1) is 0 Å². The van der Waals surface area contributed by atoms with Crippen LogP contribution in [0.25, 0.3) is 0 Å². The predicted octanol–water partition coefficient (Wildman–Crippen LogP) is 2.39. The Hall–Kier alpha value is -1.26. The van der Waals surface area contributed by atoms with E-state index in [1.54, 1.807) is 17.5 Å². The molecule has 0 aliphatic heterocycles. The zero-order valence-corrected chi connectivity index (χ0v) is 9.37. The number of pyridine rings is 1. The van der Waals surface area contributed by atoms with Crippen molar-refractivity contribution in [3.63, 3.8) is 0 Å². The summed E-state index contributed by atoms with van der Waals surface area (Å²) in [5.74, 6) is 0. The molecule has 3 nitrogen and oxygen atoms in total. The Labute approximate surface area is 93.2 Å². The molecule has 2 rings (SSSR count). The van der Waals surface area contributed by atoms with Crippen LogP contribution in [0.3, 0.4) is 0 Å². The second kappa shape index (κ2) is 5.00. The number of hydrogen-bond donors (Lipinski definition) is 1. The molecule has 0 aliphatic carbocycles. The van der Waals surface area contributed by atoms with Gasteiger partial charge in [0, 0.05) is 36.6 Å². The van der Waals surface area contributed by atoms with Crippen LogP contribution in [0.2, 0.25) is 0 Å². The fourth-order valence-corrected chi connectivity index (χ4v) is 1.90. The van der Waals surface area contributed by atoms with Gasteiger partial charge in [-0.2, -0.15) is 0 Å². The van der Waals surface area contributed by atoms with Gasteiger partial charge in [-0.15, -0.1) is 11.3 Å². The smallest absolute Gasteiger partial charge is 0.106 e. The van der Waals surface area contributed by atoms with Gasteiger partial charge in [-0.05, 0) is 18.6 Å². The second-order valence-corrected chi connectivity index (χ2v) is 4.29. The van der Waals surface area contributed by atoms with E-state index in [0.29, 0.717) is 6.04 Å². The minimum absolute atomic E-state index is 0.308. The van der Waals surface area contributed by atoms with E-state index in [4.69, 9.17) is 0 Å². The SMILES string of the molecule is CC(NCc1nccs1)c1cccnc1. The van der Waals surface area contributed by atoms with Gasteiger partial charge in [0.15, 0.2) is 0 Å². The maximum absolute atomic E-state index is 4.22. The van der Waals surface area contributed by atoms with Crippen LogP contribution in [0.5, 0.6) is 0 Å². The molecule has 0 aliphatic rings. The molecule has 0 radical (unpaired) electrons. The van der Waals surface area contributed by atoms with Gasteiger partial charge in [0.2, 0.25) is 0 Å². The number of nitrogens with zero attached hydrogens (tertiary/aromatic N) is 2. The molecule has 2 aromatic rings. The summed E-state index contributed by atoms with van der Waals surface area (Å²) in [6.07, 6.45) is 5.51. The minimum atomic E-state index is 0.308. The molecule has 0 amide bonds. The first-order valence-corrected chi connectivity index (χ1v) is 5.76. The molecule has 2 heterocycles. The van der Waals surface area contributed by atoms with E-state index in [-0.39, 0.29) is 0 Å². The van der Waals surface area contributed by atoms with E-state index in [1.165, 1.54) is 5.56 Å². The van der Waals surface area contributed by atoms with Crippen LogP contribution in [-0.4, -0.2) is 9.97 Å². The molecule has 1 atom stereocenters. The standard InChI is InChI=1S/C11H13N3S/c1-9(10-3-2-4-12-7-10)14-8-11-13-5-6-15-11/h2-7,9,14H,8H2,1H3. The van der Waals surface area contributed by atoms with Crippen LogP contribution in [0.15, 0.2) is 36.1 Å². The van der Waals surface area contributed by atoms with Gasteiger partial charge in [-0.25, -0.2) is 4.98 Å². The predicted molar refractivity (Wildman–Crippen MR) is 61.6 cm³/mol. The van der Waals surface area contributed by atoms with E-state index in [2.05, 4.69) is 28.3 Å². The van der Waals surface area contributed by atoms with Crippen LogP contribution in [0.4, 0.5) is 0 Å². The summed E-state index contributed by atoms with van der Waals surface area (Å²) in [7, 11) is 0. The van der Waals surface area contributed by atoms with E-state index in [9.17, 15) is 0 Å². The first-order chi connectivity index (χ1) is 7.36. The summed E-state index contributed by atoms with van der Waals surface area (Å²) in [5, 5.41) is 6.52. The highest BCUT2D eigenvalue weighted by Crippen LogP contribution is 2.11. The second-order valence-electron chi connectivity index (χ2n) is 3.31. The van der Waals surface area contributed by atoms with E-state index in [1.807, 2.05) is 23.8 Å². The molecule has 0 saturated carbocycles. The molecule has 78 valence electrons. The Morgan fingerprint density at radius 2 is 2.40 bits per heavy atom. The van der Waals surface area contributed by atoms with Crippen LogP contribution in [0, 0.1) is 0 Å². The fraction of sp³-hybridized carbons (Fsp3) is 0.273. The third kappa shape index (κ3) is 2.84. The summed E-state index contributed by atoms with van der Waals surface area (Å²) in [4.78, 5) is 8.32. The van der Waals surface area contributed by atoms with Gasteiger partial charge in [0.25, 0.3) is 0 Å². The minimum Gasteiger partial charge on any atom is -0.304 e. The van der Waals surface area contributed by atoms with Gasteiger partial charge >= 0.3 is 0 Å². The Morgan fingerprint density at radius 3 is 3.07 bits per heavy atom. The van der Waals surface area contributed by atoms with E-state index >= 15 is 0 Å². The maximum Gasteiger partial charge on any atom is 0.106 e. The van der Waals surface area contributed by atoms with Crippen molar-refractivity contribution in [1.82, 2.24) is 15.3 Å². The molecule has 4 heteroatoms. The molecule has 0 aromatic carbocycles. The van der Waals surface area contributed by atoms with E-state index in [0.717, 1.165) is 11.6 Å². The molecular weight excluding hydrogens is 206 g/mol. The molecule has 2 aromatic heterocycles. The van der Waals surface area contributed by atoms with Crippen LogP contribution < -0.4 is 5.32 Å². The van der Waals surface area contributed by atoms with Crippen LogP contribution >= 0.6 is 11.3 Å². The Bertz CT molecular complexity index is 385. The summed E-state index contributed by atoms with van der Waals surface area (Å²) in [6, 6.07) is 4.34. The third-order valence-electron chi connectivity index (χ3n) is 2.23. The molecule has 1 unspecified atom stereocenters. The highest BCUT2D eigenvalue weighted by Gasteiger charge is 2.04. The topological polar surface area (TPSA) is 37.8 Å². The molecular formula is C11H13N3S. The van der Waals surface area contributed by atoms with Crippen molar-refractivity contribution in [3.05, 3.63) is 46.7 Å². The molecule has 0 saturated heterocycles. The highest BCUT2D eigenvalue weighted by atomic mass is 32.1. The lowest BCUT2D eigenvalue weighted by molar-refractivity contribution is 0.571. The quantitative estimate of drug-likeness (QED) is 0.858. The Kier molecular flexibility index (Phi) is 3.42. The number of rotatable bonds is 4. The van der Waals surface area contributed by atoms with E-state index < -0.39 is 0 Å². The van der Waals surface area contributed by atoms with Gasteiger partial charge in [-0.3, -0.25) is 4.98 Å². The number of hydrogen-bond acceptors (Lipinski definition) is 4. The normalized spacial score (nSPS) is 12.6. The largest absolute Gasteiger partial charge is 0.304 e. The molecule has 15 heavy (non-hydrogen) atoms. The molecule has 0 spiro atoms. The highest BCUT2D eigenvalue weighted by molar-refractivity contribution is 7.09. The van der Waals surface area contributed by atoms with Crippen LogP contribution in [-0.2, 0) is 6.54 Å². The summed E-state index contributed by atoms with van der Waals surface area (Å²) in [6.45, 7) is 2.94. The first kappa shape index (κ1) is 10.3. The van der Waals surface area contributed by atoms with Crippen molar-refractivity contribution in [2.75, 3.05) is 0 Å². The fourth-order valence-electron chi connectivity index (χ4n) is 1.33. The van der Waals surface area contributed by atoms with Gasteiger partial charge in [0.1, 0.15) is 5.01 Å². The Morgan fingerprint density at radius 1 is 1.47 bits per heavy atom. The molecule has 0 fully saturated rings. The van der Waals surface area contributed by atoms with Crippen LogP contribution in [0.1, 0.15) is 23.5 Å². The van der Waals surface area contributed by atoms with Gasteiger partial charge < -0.3 is 5.32 Å². The lowest BCUT2D eigenvalue weighted by Crippen LogP contribution is -2.17. The average molecular weight is 219 g/mol. The molecule has 0 bridgehead atoms. The lowest BCUT2D eigenvalue weighted by Gasteiger charge is -2.12. The van der Waals surface area contributed by atoms with Crippen molar-refractivity contribution in [2.24, 2.45) is 0 Å².